The van der Waals surface area contributed by atoms with E-state index in [1.165, 1.54) is 22.9 Å². The highest BCUT2D eigenvalue weighted by molar-refractivity contribution is 5.62. The molecular formula is C23H23F3N8O. The number of rotatable bonds is 7. The van der Waals surface area contributed by atoms with Crippen LogP contribution < -0.4 is 4.90 Å². The largest absolute Gasteiger partial charge is 0.415 e. The number of aromatic nitrogens is 6. The summed E-state index contributed by atoms with van der Waals surface area (Å²) in [5, 5.41) is 15.2. The van der Waals surface area contributed by atoms with Gasteiger partial charge in [-0.1, -0.05) is 18.2 Å². The molecule has 4 heterocycles. The number of piperazine rings is 1. The predicted molar refractivity (Wildman–Crippen MR) is 121 cm³/mol. The van der Waals surface area contributed by atoms with Gasteiger partial charge in [-0.05, 0) is 30.8 Å². The SMILES string of the molecule is CCN1CCN(c2cc(-c3cn(Cc4ccc(-c5nnc(C(F)F)o5)cc4F)nn3)ccn2)CC1. The first-order chi connectivity index (χ1) is 17.0. The first-order valence-electron chi connectivity index (χ1n) is 11.2. The molecule has 9 nitrogen and oxygen atoms in total. The van der Waals surface area contributed by atoms with Crippen molar-refractivity contribution in [2.24, 2.45) is 0 Å². The first-order valence-corrected chi connectivity index (χ1v) is 11.2. The summed E-state index contributed by atoms with van der Waals surface area (Å²) in [5.41, 5.74) is 2.10. The van der Waals surface area contributed by atoms with Crippen LogP contribution in [0, 0.1) is 5.82 Å². The molecule has 12 heteroatoms. The molecule has 0 amide bonds. The van der Waals surface area contributed by atoms with Crippen molar-refractivity contribution in [2.45, 2.75) is 19.9 Å². The number of hydrogen-bond donors (Lipinski definition) is 0. The molecule has 1 saturated heterocycles. The van der Waals surface area contributed by atoms with E-state index in [2.05, 4.69) is 42.2 Å². The molecule has 0 saturated carbocycles. The van der Waals surface area contributed by atoms with Gasteiger partial charge in [-0.25, -0.2) is 14.1 Å². The Kier molecular flexibility index (Phi) is 6.45. The molecule has 3 aromatic heterocycles. The zero-order valence-electron chi connectivity index (χ0n) is 19.0. The molecule has 1 fully saturated rings. The zero-order chi connectivity index (χ0) is 24.4. The van der Waals surface area contributed by atoms with Crippen molar-refractivity contribution in [2.75, 3.05) is 37.6 Å². The second-order valence-electron chi connectivity index (χ2n) is 8.18. The van der Waals surface area contributed by atoms with Gasteiger partial charge in [0.05, 0.1) is 12.7 Å². The van der Waals surface area contributed by atoms with E-state index in [-0.39, 0.29) is 18.0 Å². The van der Waals surface area contributed by atoms with Crippen LogP contribution in [0.3, 0.4) is 0 Å². The molecule has 5 rings (SSSR count). The second-order valence-corrected chi connectivity index (χ2v) is 8.18. The van der Waals surface area contributed by atoms with Gasteiger partial charge in [0.25, 0.3) is 5.89 Å². The summed E-state index contributed by atoms with van der Waals surface area (Å²) in [7, 11) is 0. The van der Waals surface area contributed by atoms with Gasteiger partial charge in [-0.15, -0.1) is 15.3 Å². The third-order valence-corrected chi connectivity index (χ3v) is 5.98. The van der Waals surface area contributed by atoms with Gasteiger partial charge in [-0.3, -0.25) is 0 Å². The number of alkyl halides is 2. The number of hydrogen-bond acceptors (Lipinski definition) is 8. The third kappa shape index (κ3) is 5.02. The van der Waals surface area contributed by atoms with Crippen molar-refractivity contribution >= 4 is 5.82 Å². The van der Waals surface area contributed by atoms with Crippen LogP contribution in [0.5, 0.6) is 0 Å². The minimum absolute atomic E-state index is 0.141. The molecule has 0 aliphatic carbocycles. The summed E-state index contributed by atoms with van der Waals surface area (Å²) in [4.78, 5) is 9.17. The van der Waals surface area contributed by atoms with Crippen LogP contribution >= 0.6 is 0 Å². The van der Waals surface area contributed by atoms with Crippen LogP contribution in [0.4, 0.5) is 19.0 Å². The maximum absolute atomic E-state index is 14.7. The van der Waals surface area contributed by atoms with E-state index >= 15 is 0 Å². The Morgan fingerprint density at radius 1 is 1.00 bits per heavy atom. The molecule has 182 valence electrons. The molecule has 0 spiro atoms. The molecule has 4 aromatic rings. The van der Waals surface area contributed by atoms with Crippen molar-refractivity contribution in [3.63, 3.8) is 0 Å². The van der Waals surface area contributed by atoms with Crippen LogP contribution in [0.1, 0.15) is 24.8 Å². The molecule has 1 aliphatic rings. The number of anilines is 1. The lowest BCUT2D eigenvalue weighted by Gasteiger charge is -2.34. The molecule has 0 atom stereocenters. The minimum atomic E-state index is -2.88. The summed E-state index contributed by atoms with van der Waals surface area (Å²) < 4.78 is 46.4. The number of nitrogens with zero attached hydrogens (tertiary/aromatic N) is 8. The lowest BCUT2D eigenvalue weighted by molar-refractivity contribution is 0.116. The molecule has 1 aliphatic heterocycles. The van der Waals surface area contributed by atoms with Gasteiger partial charge in [0.2, 0.25) is 5.89 Å². The number of likely N-dealkylation sites (N-methyl/N-ethyl adjacent to an activating group) is 1. The molecule has 1 aromatic carbocycles. The van der Waals surface area contributed by atoms with Gasteiger partial charge in [0.1, 0.15) is 17.3 Å². The fraction of sp³-hybridized carbons (Fsp3) is 0.348. The van der Waals surface area contributed by atoms with E-state index in [1.807, 2.05) is 12.1 Å². The van der Waals surface area contributed by atoms with Gasteiger partial charge >= 0.3 is 6.43 Å². The molecular weight excluding hydrogens is 461 g/mol. The highest BCUT2D eigenvalue weighted by Gasteiger charge is 2.19. The van der Waals surface area contributed by atoms with E-state index in [9.17, 15) is 13.2 Å². The smallest absolute Gasteiger partial charge is 0.314 e. The highest BCUT2D eigenvalue weighted by atomic mass is 19.3. The monoisotopic (exact) mass is 484 g/mol. The number of benzene rings is 1. The number of pyridine rings is 1. The van der Waals surface area contributed by atoms with Gasteiger partial charge < -0.3 is 14.2 Å². The lowest BCUT2D eigenvalue weighted by atomic mass is 10.1. The molecule has 0 radical (unpaired) electrons. The third-order valence-electron chi connectivity index (χ3n) is 5.98. The van der Waals surface area contributed by atoms with Crippen molar-refractivity contribution in [1.82, 2.24) is 35.1 Å². The highest BCUT2D eigenvalue weighted by Crippen LogP contribution is 2.26. The van der Waals surface area contributed by atoms with Gasteiger partial charge in [0, 0.05) is 49.1 Å². The van der Waals surface area contributed by atoms with Crippen LogP contribution in [0.2, 0.25) is 0 Å². The number of halogens is 3. The van der Waals surface area contributed by atoms with E-state index in [4.69, 9.17) is 4.42 Å². The standard InChI is InChI=1S/C23H23F3N8O/c1-2-32-7-9-33(10-8-32)20-12-15(5-6-27-20)19-14-34(31-28-19)13-17-4-3-16(11-18(17)24)22-29-30-23(35-22)21(25)26/h3-6,11-12,14,21H,2,7-10,13H2,1H3. The normalized spacial score (nSPS) is 14.7. The van der Waals surface area contributed by atoms with Crippen LogP contribution in [-0.2, 0) is 6.54 Å². The zero-order valence-corrected chi connectivity index (χ0v) is 19.0. The van der Waals surface area contributed by atoms with E-state index in [1.54, 1.807) is 12.4 Å². The average molecular weight is 484 g/mol. The predicted octanol–water partition coefficient (Wildman–Crippen LogP) is 3.66. The molecule has 0 unspecified atom stereocenters. The summed E-state index contributed by atoms with van der Waals surface area (Å²) >= 11 is 0. The Labute approximate surface area is 199 Å². The Morgan fingerprint density at radius 2 is 1.83 bits per heavy atom. The van der Waals surface area contributed by atoms with Gasteiger partial charge in [-0.2, -0.15) is 8.78 Å². The van der Waals surface area contributed by atoms with Crippen molar-refractivity contribution in [3.8, 4) is 22.7 Å². The first kappa shape index (κ1) is 23.0. The van der Waals surface area contributed by atoms with Gasteiger partial charge in [0.15, 0.2) is 0 Å². The van der Waals surface area contributed by atoms with E-state index < -0.39 is 18.1 Å². The van der Waals surface area contributed by atoms with E-state index in [0.29, 0.717) is 11.3 Å². The Hall–Kier alpha value is -3.80. The summed E-state index contributed by atoms with van der Waals surface area (Å²) in [6.45, 7) is 7.19. The van der Waals surface area contributed by atoms with Crippen LogP contribution in [0.15, 0.2) is 47.1 Å². The van der Waals surface area contributed by atoms with Crippen molar-refractivity contribution in [1.29, 1.82) is 0 Å². The van der Waals surface area contributed by atoms with Crippen LogP contribution in [-0.4, -0.2) is 67.8 Å². The minimum Gasteiger partial charge on any atom is -0.415 e. The van der Waals surface area contributed by atoms with E-state index in [0.717, 1.165) is 44.1 Å². The fourth-order valence-corrected chi connectivity index (χ4v) is 3.97. The Morgan fingerprint density at radius 3 is 2.54 bits per heavy atom. The summed E-state index contributed by atoms with van der Waals surface area (Å²) in [5.74, 6) is -0.625. The Bertz CT molecular complexity index is 1300. The molecule has 0 bridgehead atoms. The quantitative estimate of drug-likeness (QED) is 0.393. The summed E-state index contributed by atoms with van der Waals surface area (Å²) in [6, 6.07) is 8.09. The molecule has 0 N–H and O–H groups in total. The lowest BCUT2D eigenvalue weighted by Crippen LogP contribution is -2.46. The average Bonchev–Trinajstić information content (AvgIpc) is 3.56. The van der Waals surface area contributed by atoms with Crippen molar-refractivity contribution in [3.05, 3.63) is 60.0 Å². The fourth-order valence-electron chi connectivity index (χ4n) is 3.97. The maximum atomic E-state index is 14.7. The Balaban J connectivity index is 1.29. The topological polar surface area (TPSA) is 89.0 Å². The molecule has 35 heavy (non-hydrogen) atoms. The van der Waals surface area contributed by atoms with Crippen LogP contribution in [0.25, 0.3) is 22.7 Å². The maximum Gasteiger partial charge on any atom is 0.314 e. The summed E-state index contributed by atoms with van der Waals surface area (Å²) in [6.07, 6.45) is 0.615. The van der Waals surface area contributed by atoms with Crippen molar-refractivity contribution < 1.29 is 17.6 Å². The second kappa shape index (κ2) is 9.82.